The third-order valence-corrected chi connectivity index (χ3v) is 5.08. The van der Waals surface area contributed by atoms with Crippen LogP contribution in [0.1, 0.15) is 40.5 Å². The van der Waals surface area contributed by atoms with Gasteiger partial charge >= 0.3 is 0 Å². The van der Waals surface area contributed by atoms with E-state index < -0.39 is 0 Å². The number of nitrogens with zero attached hydrogens (tertiary/aromatic N) is 4. The van der Waals surface area contributed by atoms with Crippen LogP contribution in [0.15, 0.2) is 59.7 Å². The average Bonchev–Trinajstić information content (AvgIpc) is 3.18. The normalized spacial score (nSPS) is 11.0. The molecule has 0 fully saturated rings. The molecular formula is C24H25N5O3. The van der Waals surface area contributed by atoms with E-state index in [9.17, 15) is 9.59 Å². The first-order valence-electron chi connectivity index (χ1n) is 10.5. The summed E-state index contributed by atoms with van der Waals surface area (Å²) in [7, 11) is 0. The highest BCUT2D eigenvalue weighted by Crippen LogP contribution is 2.24. The fraction of sp³-hybridized carbons (Fsp3) is 0.250. The second-order valence-electron chi connectivity index (χ2n) is 7.69. The highest BCUT2D eigenvalue weighted by atomic mass is 16.5. The van der Waals surface area contributed by atoms with Crippen molar-refractivity contribution in [3.63, 3.8) is 0 Å². The van der Waals surface area contributed by atoms with Gasteiger partial charge in [-0.25, -0.2) is 4.98 Å². The quantitative estimate of drug-likeness (QED) is 0.481. The van der Waals surface area contributed by atoms with Crippen LogP contribution in [0.2, 0.25) is 0 Å². The van der Waals surface area contributed by atoms with Crippen molar-refractivity contribution in [2.24, 2.45) is 0 Å². The minimum atomic E-state index is -0.199. The zero-order valence-electron chi connectivity index (χ0n) is 18.3. The third kappa shape index (κ3) is 4.54. The number of carbonyl (C=O) groups is 1. The first kappa shape index (κ1) is 21.3. The molecule has 0 saturated carbocycles. The summed E-state index contributed by atoms with van der Waals surface area (Å²) in [6.07, 6.45) is 2.50. The number of rotatable bonds is 7. The van der Waals surface area contributed by atoms with Gasteiger partial charge in [-0.3, -0.25) is 14.3 Å². The topological polar surface area (TPSA) is 90.5 Å². The molecule has 1 amide bonds. The Balaban J connectivity index is 1.49. The molecule has 2 aromatic carbocycles. The largest absolute Gasteiger partial charge is 0.487 e. The zero-order valence-corrected chi connectivity index (χ0v) is 18.3. The molecule has 4 rings (SSSR count). The number of hydrogen-bond acceptors (Lipinski definition) is 5. The minimum Gasteiger partial charge on any atom is -0.487 e. The van der Waals surface area contributed by atoms with E-state index >= 15 is 0 Å². The van der Waals surface area contributed by atoms with Crippen LogP contribution in [0, 0.1) is 13.8 Å². The lowest BCUT2D eigenvalue weighted by Crippen LogP contribution is -2.22. The maximum absolute atomic E-state index is 12.5. The SMILES string of the molecule is CCCn1cnc2nc(COc3cc(NC(=O)c4ccc(C)cc4)ccc3C)cc(=O)n21. The Labute approximate surface area is 185 Å². The smallest absolute Gasteiger partial charge is 0.274 e. The number of nitrogens with one attached hydrogen (secondary N) is 1. The lowest BCUT2D eigenvalue weighted by molar-refractivity contribution is 0.102. The van der Waals surface area contributed by atoms with Crippen molar-refractivity contribution >= 4 is 17.4 Å². The van der Waals surface area contributed by atoms with E-state index in [1.165, 1.54) is 10.6 Å². The zero-order chi connectivity index (χ0) is 22.7. The summed E-state index contributed by atoms with van der Waals surface area (Å²) < 4.78 is 9.14. The monoisotopic (exact) mass is 431 g/mol. The van der Waals surface area contributed by atoms with Crippen molar-refractivity contribution in [3.05, 3.63) is 87.6 Å². The number of aromatic nitrogens is 4. The molecule has 164 valence electrons. The van der Waals surface area contributed by atoms with Crippen LogP contribution >= 0.6 is 0 Å². The van der Waals surface area contributed by atoms with Crippen molar-refractivity contribution in [3.8, 4) is 5.75 Å². The van der Waals surface area contributed by atoms with Gasteiger partial charge < -0.3 is 10.1 Å². The minimum absolute atomic E-state index is 0.114. The number of aryl methyl sites for hydroxylation is 3. The van der Waals surface area contributed by atoms with Gasteiger partial charge in [-0.05, 0) is 44.0 Å². The summed E-state index contributed by atoms with van der Waals surface area (Å²) in [6.45, 7) is 6.73. The molecule has 0 spiro atoms. The average molecular weight is 431 g/mol. The molecule has 0 saturated heterocycles. The number of hydrogen-bond donors (Lipinski definition) is 1. The van der Waals surface area contributed by atoms with Gasteiger partial charge in [0.15, 0.2) is 0 Å². The van der Waals surface area contributed by atoms with Crippen molar-refractivity contribution in [1.29, 1.82) is 0 Å². The molecule has 0 aliphatic heterocycles. The Morgan fingerprint density at radius 2 is 1.88 bits per heavy atom. The van der Waals surface area contributed by atoms with Gasteiger partial charge in [0.2, 0.25) is 0 Å². The van der Waals surface area contributed by atoms with Gasteiger partial charge in [-0.15, -0.1) is 0 Å². The maximum Gasteiger partial charge on any atom is 0.274 e. The van der Waals surface area contributed by atoms with Gasteiger partial charge in [-0.1, -0.05) is 30.7 Å². The van der Waals surface area contributed by atoms with Crippen LogP contribution in [0.25, 0.3) is 5.78 Å². The predicted octanol–water partition coefficient (Wildman–Crippen LogP) is 3.75. The van der Waals surface area contributed by atoms with Crippen LogP contribution in [0.4, 0.5) is 5.69 Å². The van der Waals surface area contributed by atoms with Gasteiger partial charge in [0.1, 0.15) is 18.7 Å². The van der Waals surface area contributed by atoms with Gasteiger partial charge in [0, 0.05) is 29.9 Å². The fourth-order valence-corrected chi connectivity index (χ4v) is 3.36. The number of anilines is 1. The second kappa shape index (κ2) is 9.05. The molecule has 4 aromatic rings. The van der Waals surface area contributed by atoms with Crippen LogP contribution < -0.4 is 15.6 Å². The standard InChI is InChI=1S/C24H25N5O3/c1-4-11-28-15-25-24-27-20(13-22(30)29(24)28)14-32-21-12-19(10-7-17(21)3)26-23(31)18-8-5-16(2)6-9-18/h5-10,12-13,15H,4,11,14H2,1-3H3,(H,26,31). The molecule has 2 aromatic heterocycles. The van der Waals surface area contributed by atoms with Crippen LogP contribution in [0.3, 0.4) is 0 Å². The Kier molecular flexibility index (Phi) is 6.02. The summed E-state index contributed by atoms with van der Waals surface area (Å²) in [5.74, 6) is 0.758. The number of ether oxygens (including phenoxy) is 1. The third-order valence-electron chi connectivity index (χ3n) is 5.08. The molecule has 32 heavy (non-hydrogen) atoms. The maximum atomic E-state index is 12.5. The molecule has 1 N–H and O–H groups in total. The molecule has 0 aliphatic rings. The van der Waals surface area contributed by atoms with E-state index in [1.807, 2.05) is 45.0 Å². The second-order valence-corrected chi connectivity index (χ2v) is 7.69. The molecule has 0 aliphatic carbocycles. The van der Waals surface area contributed by atoms with E-state index in [-0.39, 0.29) is 18.1 Å². The van der Waals surface area contributed by atoms with Crippen LogP contribution in [-0.4, -0.2) is 25.1 Å². The molecule has 0 atom stereocenters. The number of amides is 1. The molecule has 2 heterocycles. The van der Waals surface area contributed by atoms with Crippen molar-refractivity contribution in [2.45, 2.75) is 40.3 Å². The number of benzene rings is 2. The Bertz CT molecular complexity index is 1320. The molecule has 0 bridgehead atoms. The van der Waals surface area contributed by atoms with Crippen LogP contribution in [0.5, 0.6) is 5.75 Å². The van der Waals surface area contributed by atoms with E-state index in [0.29, 0.717) is 35.0 Å². The lowest BCUT2D eigenvalue weighted by Gasteiger charge is -2.12. The van der Waals surface area contributed by atoms with E-state index in [2.05, 4.69) is 15.3 Å². The highest BCUT2D eigenvalue weighted by molar-refractivity contribution is 6.04. The lowest BCUT2D eigenvalue weighted by atomic mass is 10.1. The van der Waals surface area contributed by atoms with E-state index in [0.717, 1.165) is 17.5 Å². The Morgan fingerprint density at radius 1 is 1.09 bits per heavy atom. The summed E-state index contributed by atoms with van der Waals surface area (Å²) in [5.41, 5.74) is 3.50. The Morgan fingerprint density at radius 3 is 2.62 bits per heavy atom. The summed E-state index contributed by atoms with van der Waals surface area (Å²) in [4.78, 5) is 33.7. The molecular weight excluding hydrogens is 406 g/mol. The van der Waals surface area contributed by atoms with Gasteiger partial charge in [-0.2, -0.15) is 9.50 Å². The van der Waals surface area contributed by atoms with Crippen molar-refractivity contribution < 1.29 is 9.53 Å². The van der Waals surface area contributed by atoms with Gasteiger partial charge in [0.05, 0.1) is 5.69 Å². The van der Waals surface area contributed by atoms with E-state index in [1.54, 1.807) is 29.2 Å². The molecule has 8 heteroatoms. The first-order valence-corrected chi connectivity index (χ1v) is 10.5. The highest BCUT2D eigenvalue weighted by Gasteiger charge is 2.11. The number of carbonyl (C=O) groups excluding carboxylic acids is 1. The summed E-state index contributed by atoms with van der Waals surface area (Å²) in [5, 5.41) is 2.89. The van der Waals surface area contributed by atoms with Gasteiger partial charge in [0.25, 0.3) is 17.2 Å². The van der Waals surface area contributed by atoms with Crippen LogP contribution in [-0.2, 0) is 13.2 Å². The molecule has 8 nitrogen and oxygen atoms in total. The fourth-order valence-electron chi connectivity index (χ4n) is 3.36. The Hall–Kier alpha value is -3.94. The number of fused-ring (bicyclic) bond motifs is 1. The van der Waals surface area contributed by atoms with Crippen molar-refractivity contribution in [1.82, 2.24) is 19.2 Å². The molecule has 0 radical (unpaired) electrons. The first-order chi connectivity index (χ1) is 15.4. The van der Waals surface area contributed by atoms with E-state index in [4.69, 9.17) is 4.74 Å². The predicted molar refractivity (Wildman–Crippen MR) is 122 cm³/mol. The summed E-state index contributed by atoms with van der Waals surface area (Å²) >= 11 is 0. The summed E-state index contributed by atoms with van der Waals surface area (Å²) in [6, 6.07) is 14.3. The molecule has 0 unspecified atom stereocenters. The van der Waals surface area contributed by atoms with Crippen molar-refractivity contribution in [2.75, 3.05) is 5.32 Å².